The van der Waals surface area contributed by atoms with Gasteiger partial charge in [-0.25, -0.2) is 19.0 Å². The van der Waals surface area contributed by atoms with Gasteiger partial charge >= 0.3 is 6.18 Å². The van der Waals surface area contributed by atoms with Gasteiger partial charge in [0.15, 0.2) is 0 Å². The standard InChI is InChI=1S/C23H18F4N10/c1-2-13(16-10-37(36-35-16)17-6-4-3-5-15(17)24)19-14(7-28)18(20(34-19)21(30)33-11-29)12-8-31-22(32-9-12)23(25,26)27/h3-6,8-11,13,34H,2H2,1H3,(H3,29,30,33)/p+1. The molecule has 0 saturated carbocycles. The predicted octanol–water partition coefficient (Wildman–Crippen LogP) is 2.12. The molecule has 5 N–H and O–H groups in total. The molecule has 0 aliphatic rings. The van der Waals surface area contributed by atoms with Crippen LogP contribution in [0.5, 0.6) is 0 Å². The van der Waals surface area contributed by atoms with Crippen LogP contribution in [-0.2, 0) is 6.18 Å². The van der Waals surface area contributed by atoms with Gasteiger partial charge in [-0.2, -0.15) is 18.4 Å². The Hall–Kier alpha value is -4.93. The van der Waals surface area contributed by atoms with Crippen LogP contribution in [0.1, 0.15) is 47.7 Å². The van der Waals surface area contributed by atoms with Crippen molar-refractivity contribution in [2.24, 2.45) is 10.7 Å². The van der Waals surface area contributed by atoms with Crippen LogP contribution in [0.25, 0.3) is 16.8 Å². The topological polar surface area (TPSA) is 160 Å². The molecule has 3 aromatic heterocycles. The molecule has 10 nitrogen and oxygen atoms in total. The van der Waals surface area contributed by atoms with Crippen molar-refractivity contribution in [1.82, 2.24) is 29.9 Å². The van der Waals surface area contributed by atoms with Crippen molar-refractivity contribution in [2.45, 2.75) is 25.4 Å². The maximum atomic E-state index is 14.3. The van der Waals surface area contributed by atoms with E-state index in [2.05, 4.69) is 36.3 Å². The van der Waals surface area contributed by atoms with Crippen molar-refractivity contribution in [3.8, 4) is 22.9 Å². The van der Waals surface area contributed by atoms with Crippen LogP contribution in [0.3, 0.4) is 0 Å². The number of benzene rings is 1. The Labute approximate surface area is 207 Å². The van der Waals surface area contributed by atoms with E-state index in [1.54, 1.807) is 12.1 Å². The molecule has 4 rings (SSSR count). The van der Waals surface area contributed by atoms with E-state index >= 15 is 0 Å². The molecule has 1 atom stereocenters. The number of nitriles is 1. The molecule has 1 aromatic carbocycles. The average molecular weight is 511 g/mol. The number of amidine groups is 1. The van der Waals surface area contributed by atoms with Gasteiger partial charge in [0.2, 0.25) is 5.82 Å². The summed E-state index contributed by atoms with van der Waals surface area (Å²) in [5, 5.41) is 23.6. The molecule has 1 unspecified atom stereocenters. The number of alkyl halides is 3. The van der Waals surface area contributed by atoms with Crippen molar-refractivity contribution in [1.29, 1.82) is 5.26 Å². The van der Waals surface area contributed by atoms with Crippen molar-refractivity contribution in [2.75, 3.05) is 0 Å². The van der Waals surface area contributed by atoms with E-state index in [0.29, 0.717) is 17.8 Å². The lowest BCUT2D eigenvalue weighted by Gasteiger charge is -2.11. The molecule has 37 heavy (non-hydrogen) atoms. The van der Waals surface area contributed by atoms with E-state index in [-0.39, 0.29) is 33.9 Å². The number of aromatic nitrogens is 6. The lowest BCUT2D eigenvalue weighted by atomic mass is 9.93. The Morgan fingerprint density at radius 3 is 2.59 bits per heavy atom. The quantitative estimate of drug-likeness (QED) is 0.196. The van der Waals surface area contributed by atoms with Gasteiger partial charge in [0.1, 0.15) is 23.3 Å². The molecular formula is C23H19F4N10+. The van der Waals surface area contributed by atoms with Crippen LogP contribution in [0.4, 0.5) is 17.6 Å². The second-order valence-corrected chi connectivity index (χ2v) is 7.73. The van der Waals surface area contributed by atoms with Crippen molar-refractivity contribution >= 4 is 12.2 Å². The maximum Gasteiger partial charge on any atom is 0.451 e. The fourth-order valence-corrected chi connectivity index (χ4v) is 3.88. The number of aliphatic imine (C=N–C) groups is 1. The molecular weight excluding hydrogens is 492 g/mol. The maximum absolute atomic E-state index is 14.3. The summed E-state index contributed by atoms with van der Waals surface area (Å²) in [6.07, 6.45) is 0.0408. The fourth-order valence-electron chi connectivity index (χ4n) is 3.88. The molecule has 0 saturated heterocycles. The first-order valence-electron chi connectivity index (χ1n) is 10.8. The van der Waals surface area contributed by atoms with Crippen LogP contribution in [0.2, 0.25) is 0 Å². The summed E-state index contributed by atoms with van der Waals surface area (Å²) in [4.78, 5) is 13.7. The summed E-state index contributed by atoms with van der Waals surface area (Å²) in [7, 11) is 0. The zero-order valence-corrected chi connectivity index (χ0v) is 19.2. The molecule has 0 fully saturated rings. The van der Waals surface area contributed by atoms with Crippen LogP contribution < -0.4 is 11.1 Å². The molecule has 14 heteroatoms. The Morgan fingerprint density at radius 2 is 2.00 bits per heavy atom. The highest BCUT2D eigenvalue weighted by Gasteiger charge is 2.35. The van der Waals surface area contributed by atoms with Gasteiger partial charge in [-0.1, -0.05) is 24.3 Å². The number of rotatable bonds is 7. The third-order valence-electron chi connectivity index (χ3n) is 5.53. The zero-order chi connectivity index (χ0) is 26.7. The Kier molecular flexibility index (Phi) is 6.79. The van der Waals surface area contributed by atoms with Crippen LogP contribution in [0.15, 0.2) is 47.8 Å². The van der Waals surface area contributed by atoms with Gasteiger partial charge in [-0.05, 0) is 23.5 Å². The number of para-hydroxylation sites is 1. The van der Waals surface area contributed by atoms with E-state index < -0.39 is 23.7 Å². The van der Waals surface area contributed by atoms with Crippen molar-refractivity contribution in [3.05, 3.63) is 77.1 Å². The molecule has 0 aliphatic carbocycles. The van der Waals surface area contributed by atoms with Gasteiger partial charge in [0.25, 0.3) is 12.2 Å². The monoisotopic (exact) mass is 511 g/mol. The second kappa shape index (κ2) is 9.97. The summed E-state index contributed by atoms with van der Waals surface area (Å²) < 4.78 is 54.5. The number of nitrogens with two attached hydrogens (primary N) is 2. The van der Waals surface area contributed by atoms with Crippen LogP contribution in [0, 0.1) is 17.1 Å². The molecule has 0 spiro atoms. The first-order chi connectivity index (χ1) is 17.7. The molecule has 4 aromatic rings. The Balaban J connectivity index is 1.87. The molecule has 0 amide bonds. The van der Waals surface area contributed by atoms with Crippen molar-refractivity contribution < 1.29 is 23.0 Å². The first kappa shape index (κ1) is 25.2. The van der Waals surface area contributed by atoms with E-state index in [9.17, 15) is 22.8 Å². The lowest BCUT2D eigenvalue weighted by Crippen LogP contribution is -2.30. The number of halogens is 4. The predicted molar refractivity (Wildman–Crippen MR) is 124 cm³/mol. The highest BCUT2D eigenvalue weighted by atomic mass is 19.4. The minimum Gasteiger partial charge on any atom is -0.361 e. The highest BCUT2D eigenvalue weighted by molar-refractivity contribution is 6.05. The van der Waals surface area contributed by atoms with Crippen LogP contribution in [-0.4, -0.2) is 42.1 Å². The zero-order valence-electron chi connectivity index (χ0n) is 19.2. The summed E-state index contributed by atoms with van der Waals surface area (Å²) in [5.74, 6) is -2.50. The minimum absolute atomic E-state index is 0.0702. The summed E-state index contributed by atoms with van der Waals surface area (Å²) >= 11 is 0. The fraction of sp³-hybridized carbons (Fsp3) is 0.174. The number of nitrogens with zero attached hydrogens (tertiary/aromatic N) is 7. The number of H-pyrrole nitrogens is 1. The summed E-state index contributed by atoms with van der Waals surface area (Å²) in [6.45, 7) is 1.83. The van der Waals surface area contributed by atoms with E-state index in [4.69, 9.17) is 11.1 Å². The molecule has 3 heterocycles. The van der Waals surface area contributed by atoms with Gasteiger partial charge in [-0.3, -0.25) is 5.41 Å². The third kappa shape index (κ3) is 4.79. The largest absolute Gasteiger partial charge is 0.451 e. The summed E-state index contributed by atoms with van der Waals surface area (Å²) in [6, 6.07) is 8.09. The molecule has 0 bridgehead atoms. The minimum atomic E-state index is -4.74. The van der Waals surface area contributed by atoms with E-state index in [0.717, 1.165) is 18.7 Å². The smallest absolute Gasteiger partial charge is 0.361 e. The SMILES string of the molecule is CCC(c1cn(-c2ccccc2F)nn1)c1[nH]c(C(N)=NC=[NH2+])c(-c2cnc(C(F)(F)F)nc2)c1C#N. The Bertz CT molecular complexity index is 1510. The van der Waals surface area contributed by atoms with Gasteiger partial charge in [0.05, 0.1) is 17.5 Å². The highest BCUT2D eigenvalue weighted by Crippen LogP contribution is 2.37. The van der Waals surface area contributed by atoms with Gasteiger partial charge in [-0.15, -0.1) is 5.10 Å². The number of nitrogens with one attached hydrogen (secondary N) is 1. The van der Waals surface area contributed by atoms with Gasteiger partial charge in [0, 0.05) is 35.1 Å². The number of hydrogen-bond acceptors (Lipinski definition) is 5. The number of hydrogen-bond donors (Lipinski definition) is 3. The first-order valence-corrected chi connectivity index (χ1v) is 10.8. The van der Waals surface area contributed by atoms with E-state index in [1.165, 1.54) is 23.0 Å². The normalized spacial score (nSPS) is 12.8. The van der Waals surface area contributed by atoms with Crippen LogP contribution >= 0.6 is 0 Å². The average Bonchev–Trinajstić information content (AvgIpc) is 3.50. The Morgan fingerprint density at radius 1 is 1.30 bits per heavy atom. The molecule has 0 radical (unpaired) electrons. The summed E-state index contributed by atoms with van der Waals surface area (Å²) in [5.41, 5.74) is 7.46. The lowest BCUT2D eigenvalue weighted by molar-refractivity contribution is -0.145. The van der Waals surface area contributed by atoms with Gasteiger partial charge < -0.3 is 10.7 Å². The van der Waals surface area contributed by atoms with Crippen molar-refractivity contribution in [3.63, 3.8) is 0 Å². The number of aromatic amines is 1. The molecule has 188 valence electrons. The second-order valence-electron chi connectivity index (χ2n) is 7.73. The van der Waals surface area contributed by atoms with E-state index in [1.807, 2.05) is 6.92 Å². The third-order valence-corrected chi connectivity index (χ3v) is 5.53. The molecule has 0 aliphatic heterocycles.